The second-order valence-electron chi connectivity index (χ2n) is 6.04. The van der Waals surface area contributed by atoms with E-state index in [1.165, 1.54) is 39.4 Å². The molecule has 0 spiro atoms. The first kappa shape index (κ1) is 22.5. The van der Waals surface area contributed by atoms with Gasteiger partial charge in [-0.15, -0.1) is 16.9 Å². The lowest BCUT2D eigenvalue weighted by Gasteiger charge is -2.49. The molecule has 158 valence electrons. The largest absolute Gasteiger partial charge is 0.456 e. The molecule has 2 atom stereocenters. The van der Waals surface area contributed by atoms with Gasteiger partial charge in [-0.1, -0.05) is 34.8 Å². The summed E-state index contributed by atoms with van der Waals surface area (Å²) in [5.74, 6) is -0.524. The van der Waals surface area contributed by atoms with Crippen LogP contribution in [0.5, 0.6) is 0 Å². The van der Waals surface area contributed by atoms with Gasteiger partial charge < -0.3 is 10.1 Å². The molecule has 0 bridgehead atoms. The smallest absolute Gasteiger partial charge is 0.355 e. The summed E-state index contributed by atoms with van der Waals surface area (Å²) in [6.07, 6.45) is 3.17. The Morgan fingerprint density at radius 2 is 2.21 bits per heavy atom. The summed E-state index contributed by atoms with van der Waals surface area (Å²) in [6, 6.07) is -0.768. The predicted molar refractivity (Wildman–Crippen MR) is 109 cm³/mol. The summed E-state index contributed by atoms with van der Waals surface area (Å²) >= 11 is 19.9. The third-order valence-electron chi connectivity index (χ3n) is 3.94. The van der Waals surface area contributed by atoms with Gasteiger partial charge in [-0.3, -0.25) is 14.5 Å². The van der Waals surface area contributed by atoms with Crippen molar-refractivity contribution in [1.82, 2.24) is 30.4 Å². The molecule has 2 amide bonds. The molecule has 10 nitrogen and oxygen atoms in total. The van der Waals surface area contributed by atoms with Crippen LogP contribution >= 0.6 is 58.3 Å². The summed E-state index contributed by atoms with van der Waals surface area (Å²) in [4.78, 5) is 38.9. The summed E-state index contributed by atoms with van der Waals surface area (Å²) in [6.45, 7) is -0.571. The number of halogens is 3. The minimum atomic E-state index is -1.76. The molecule has 1 aromatic rings. The van der Waals surface area contributed by atoms with E-state index >= 15 is 0 Å². The van der Waals surface area contributed by atoms with E-state index in [1.54, 1.807) is 0 Å². The minimum Gasteiger partial charge on any atom is -0.456 e. The van der Waals surface area contributed by atoms with E-state index in [0.717, 1.165) is 5.57 Å². The van der Waals surface area contributed by atoms with E-state index in [1.807, 2.05) is 6.26 Å². The predicted octanol–water partition coefficient (Wildman–Crippen LogP) is 0.603. The third kappa shape index (κ3) is 5.29. The molecule has 0 radical (unpaired) electrons. The Labute approximate surface area is 189 Å². The first-order valence-corrected chi connectivity index (χ1v) is 11.7. The van der Waals surface area contributed by atoms with Crippen LogP contribution in [0.3, 0.4) is 0 Å². The number of tetrazole rings is 1. The third-order valence-corrected chi connectivity index (χ3v) is 6.24. The average Bonchev–Trinajstić information content (AvgIpc) is 3.16. The number of aromatic nitrogens is 4. The zero-order valence-corrected chi connectivity index (χ0v) is 18.8. The van der Waals surface area contributed by atoms with Crippen molar-refractivity contribution >= 4 is 76.1 Å². The fourth-order valence-corrected chi connectivity index (χ4v) is 5.02. The molecule has 15 heteroatoms. The monoisotopic (exact) mass is 500 g/mol. The molecule has 2 aliphatic rings. The number of nitrogens with one attached hydrogen (secondary N) is 1. The molecule has 29 heavy (non-hydrogen) atoms. The van der Waals surface area contributed by atoms with Gasteiger partial charge in [0.25, 0.3) is 5.91 Å². The van der Waals surface area contributed by atoms with E-state index in [4.69, 9.17) is 39.5 Å². The van der Waals surface area contributed by atoms with Crippen LogP contribution in [0.4, 0.5) is 0 Å². The van der Waals surface area contributed by atoms with Gasteiger partial charge >= 0.3 is 5.97 Å². The van der Waals surface area contributed by atoms with E-state index in [2.05, 4.69) is 20.8 Å². The van der Waals surface area contributed by atoms with Crippen LogP contribution in [-0.2, 0) is 25.7 Å². The summed E-state index contributed by atoms with van der Waals surface area (Å²) < 4.78 is 4.57. The topological polar surface area (TPSA) is 119 Å². The molecular formula is C14H15Cl3N6O4S2. The Kier molecular flexibility index (Phi) is 7.20. The van der Waals surface area contributed by atoms with Crippen molar-refractivity contribution < 1.29 is 19.1 Å². The van der Waals surface area contributed by atoms with Crippen LogP contribution in [-0.4, -0.2) is 82.5 Å². The molecule has 1 fully saturated rings. The fourth-order valence-electron chi connectivity index (χ4n) is 2.79. The van der Waals surface area contributed by atoms with Gasteiger partial charge in [-0.05, 0) is 22.3 Å². The SMILES string of the molecule is CSCC1=C(C(=O)OCC(Cl)(Cl)Cl)N2C(=O)C(NC(=O)Cn3cnnn3)[C@H]2SC1. The van der Waals surface area contributed by atoms with Gasteiger partial charge in [0.15, 0.2) is 0 Å². The number of carbonyl (C=O) groups is 3. The van der Waals surface area contributed by atoms with Crippen molar-refractivity contribution in [2.24, 2.45) is 0 Å². The summed E-state index contributed by atoms with van der Waals surface area (Å²) in [7, 11) is 0. The van der Waals surface area contributed by atoms with Crippen molar-refractivity contribution in [3.63, 3.8) is 0 Å². The molecule has 3 heterocycles. The Bertz CT molecular complexity index is 832. The van der Waals surface area contributed by atoms with Crippen LogP contribution in [0.15, 0.2) is 17.6 Å². The Balaban J connectivity index is 1.71. The molecule has 1 saturated heterocycles. The molecule has 2 aliphatic heterocycles. The van der Waals surface area contributed by atoms with Crippen LogP contribution in [0, 0.1) is 0 Å². The van der Waals surface area contributed by atoms with E-state index in [-0.39, 0.29) is 12.2 Å². The molecule has 3 rings (SSSR count). The number of β-lactam (4-membered cyclic amide) rings is 1. The number of esters is 1. The first-order valence-electron chi connectivity index (χ1n) is 8.11. The number of alkyl halides is 3. The highest BCUT2D eigenvalue weighted by molar-refractivity contribution is 8.00. The number of ether oxygens (including phenoxy) is 1. The maximum Gasteiger partial charge on any atom is 0.355 e. The first-order chi connectivity index (χ1) is 13.7. The number of hydrogen-bond donors (Lipinski definition) is 1. The van der Waals surface area contributed by atoms with Crippen LogP contribution < -0.4 is 5.32 Å². The highest BCUT2D eigenvalue weighted by Gasteiger charge is 2.54. The zero-order chi connectivity index (χ0) is 21.2. The van der Waals surface area contributed by atoms with Crippen molar-refractivity contribution in [3.8, 4) is 0 Å². The quantitative estimate of drug-likeness (QED) is 0.325. The van der Waals surface area contributed by atoms with E-state index in [0.29, 0.717) is 11.5 Å². The lowest BCUT2D eigenvalue weighted by atomic mass is 10.0. The maximum atomic E-state index is 12.7. The van der Waals surface area contributed by atoms with Gasteiger partial charge in [-0.25, -0.2) is 9.48 Å². The average molecular weight is 502 g/mol. The Morgan fingerprint density at radius 3 is 2.83 bits per heavy atom. The standard InChI is InChI=1S/C14H15Cl3N6O4S2/c1-28-3-7-4-29-12-9(19-8(24)2-22-6-18-20-21-22)11(25)23(12)10(7)13(26)27-5-14(15,16)17/h6,9,12H,2-5H2,1H3,(H,19,24)/t9?,12-/m1/s1. The van der Waals surface area contributed by atoms with Gasteiger partial charge in [0.2, 0.25) is 9.70 Å². The second kappa shape index (κ2) is 9.29. The van der Waals surface area contributed by atoms with Crippen LogP contribution in [0.1, 0.15) is 0 Å². The Morgan fingerprint density at radius 1 is 1.45 bits per heavy atom. The number of carbonyl (C=O) groups excluding carboxylic acids is 3. The van der Waals surface area contributed by atoms with Crippen molar-refractivity contribution in [2.75, 3.05) is 24.4 Å². The number of rotatable bonds is 7. The van der Waals surface area contributed by atoms with Gasteiger partial charge in [0.05, 0.1) is 0 Å². The Hall–Kier alpha value is -1.21. The molecule has 0 saturated carbocycles. The fraction of sp³-hybridized carbons (Fsp3) is 0.571. The normalized spacial score (nSPS) is 21.5. The maximum absolute atomic E-state index is 12.7. The van der Waals surface area contributed by atoms with Crippen molar-refractivity contribution in [1.29, 1.82) is 0 Å². The molecule has 1 aromatic heterocycles. The molecule has 1 unspecified atom stereocenters. The molecule has 0 aliphatic carbocycles. The lowest BCUT2D eigenvalue weighted by molar-refractivity contribution is -0.153. The van der Waals surface area contributed by atoms with Crippen molar-refractivity contribution in [3.05, 3.63) is 17.6 Å². The molecule has 0 aromatic carbocycles. The molecule has 1 N–H and O–H groups in total. The van der Waals surface area contributed by atoms with Gasteiger partial charge in [0.1, 0.15) is 36.6 Å². The minimum absolute atomic E-state index is 0.125. The number of fused-ring (bicyclic) bond motifs is 1. The number of nitrogens with zero attached hydrogens (tertiary/aromatic N) is 5. The van der Waals surface area contributed by atoms with E-state index < -0.39 is 39.6 Å². The number of hydrogen-bond acceptors (Lipinski definition) is 9. The zero-order valence-electron chi connectivity index (χ0n) is 14.9. The van der Waals surface area contributed by atoms with Gasteiger partial charge in [0, 0.05) is 11.5 Å². The number of amides is 2. The molecular weight excluding hydrogens is 487 g/mol. The lowest BCUT2D eigenvalue weighted by Crippen LogP contribution is -2.70. The van der Waals surface area contributed by atoms with Crippen molar-refractivity contribution in [2.45, 2.75) is 21.8 Å². The van der Waals surface area contributed by atoms with E-state index in [9.17, 15) is 14.4 Å². The van der Waals surface area contributed by atoms with Crippen LogP contribution in [0.2, 0.25) is 0 Å². The number of thioether (sulfide) groups is 2. The summed E-state index contributed by atoms with van der Waals surface area (Å²) in [5, 5.41) is 12.7. The van der Waals surface area contributed by atoms with Crippen LogP contribution in [0.25, 0.3) is 0 Å². The van der Waals surface area contributed by atoms with Gasteiger partial charge in [-0.2, -0.15) is 11.8 Å². The summed E-state index contributed by atoms with van der Waals surface area (Å²) in [5.41, 5.74) is 0.896. The highest BCUT2D eigenvalue weighted by Crippen LogP contribution is 2.41. The second-order valence-corrected chi connectivity index (χ2v) is 10.5. The highest BCUT2D eigenvalue weighted by atomic mass is 35.6.